The van der Waals surface area contributed by atoms with Gasteiger partial charge in [-0.3, -0.25) is 0 Å². The van der Waals surface area contributed by atoms with Crippen molar-refractivity contribution in [3.05, 3.63) is 204 Å². The molecule has 0 N–H and O–H groups in total. The van der Waals surface area contributed by atoms with Crippen LogP contribution in [0.25, 0.3) is 60.9 Å². The minimum absolute atomic E-state index is 0.171. The predicted molar refractivity (Wildman–Crippen MR) is 236 cm³/mol. The maximum Gasteiger partial charge on any atom is 0.0544 e. The van der Waals surface area contributed by atoms with Crippen LogP contribution in [0.5, 0.6) is 0 Å². The molecule has 56 heavy (non-hydrogen) atoms. The summed E-state index contributed by atoms with van der Waals surface area (Å²) >= 11 is 0. The maximum absolute atomic E-state index is 2.54. The van der Waals surface area contributed by atoms with Crippen LogP contribution in [0, 0.1) is 0 Å². The molecule has 0 unspecified atom stereocenters. The SMILES string of the molecule is CC1(C)c2ccccc2N2c3ccccc3C(C)(C)c3cc(-c4ccc(-n5c6ccc(-c7ccccc7)cc6c6cc(-c7ccccc7)ccc65)cc4)cc1c32. The van der Waals surface area contributed by atoms with Gasteiger partial charge in [0.15, 0.2) is 0 Å². The highest BCUT2D eigenvalue weighted by atomic mass is 15.2. The minimum atomic E-state index is -0.171. The summed E-state index contributed by atoms with van der Waals surface area (Å²) in [4.78, 5) is 2.54. The van der Waals surface area contributed by atoms with Crippen molar-refractivity contribution in [1.82, 2.24) is 4.57 Å². The van der Waals surface area contributed by atoms with Crippen LogP contribution in [0.1, 0.15) is 49.9 Å². The van der Waals surface area contributed by atoms with E-state index in [2.05, 4.69) is 219 Å². The van der Waals surface area contributed by atoms with Crippen molar-refractivity contribution < 1.29 is 0 Å². The van der Waals surface area contributed by atoms with Crippen molar-refractivity contribution in [2.75, 3.05) is 4.90 Å². The quantitative estimate of drug-likeness (QED) is 0.176. The molecule has 3 heterocycles. The Labute approximate surface area is 328 Å². The topological polar surface area (TPSA) is 8.17 Å². The largest absolute Gasteiger partial charge is 0.309 e. The summed E-state index contributed by atoms with van der Waals surface area (Å²) in [7, 11) is 0. The first kappa shape index (κ1) is 32.8. The Kier molecular flexibility index (Phi) is 6.98. The molecule has 2 aliphatic heterocycles. The van der Waals surface area contributed by atoms with Gasteiger partial charge in [0.05, 0.1) is 28.1 Å². The highest BCUT2D eigenvalue weighted by Crippen LogP contribution is 2.60. The van der Waals surface area contributed by atoms with Gasteiger partial charge in [-0.15, -0.1) is 0 Å². The van der Waals surface area contributed by atoms with E-state index in [1.807, 2.05) is 0 Å². The molecule has 2 nitrogen and oxygen atoms in total. The number of hydrogen-bond acceptors (Lipinski definition) is 1. The number of aromatic nitrogens is 1. The molecule has 0 amide bonds. The van der Waals surface area contributed by atoms with E-state index in [4.69, 9.17) is 0 Å². The molecule has 2 aliphatic rings. The van der Waals surface area contributed by atoms with Gasteiger partial charge < -0.3 is 9.47 Å². The molecule has 2 heteroatoms. The average molecular weight is 719 g/mol. The van der Waals surface area contributed by atoms with Gasteiger partial charge in [0, 0.05) is 27.3 Å². The van der Waals surface area contributed by atoms with Gasteiger partial charge in [-0.2, -0.15) is 0 Å². The highest BCUT2D eigenvalue weighted by molar-refractivity contribution is 6.11. The number of anilines is 3. The molecule has 0 saturated heterocycles. The van der Waals surface area contributed by atoms with Gasteiger partial charge in [-0.05, 0) is 116 Å². The Morgan fingerprint density at radius 2 is 0.750 bits per heavy atom. The third kappa shape index (κ3) is 4.69. The van der Waals surface area contributed by atoms with Crippen LogP contribution < -0.4 is 4.90 Å². The first-order chi connectivity index (χ1) is 27.3. The normalized spacial score (nSPS) is 14.7. The first-order valence-corrected chi connectivity index (χ1v) is 19.8. The molecule has 268 valence electrons. The lowest BCUT2D eigenvalue weighted by molar-refractivity contribution is 0.598. The summed E-state index contributed by atoms with van der Waals surface area (Å²) in [5.74, 6) is 0. The van der Waals surface area contributed by atoms with Gasteiger partial charge in [0.2, 0.25) is 0 Å². The Morgan fingerprint density at radius 1 is 0.339 bits per heavy atom. The van der Waals surface area contributed by atoms with Gasteiger partial charge in [0.1, 0.15) is 0 Å². The molecule has 1 aromatic heterocycles. The summed E-state index contributed by atoms with van der Waals surface area (Å²) in [6.07, 6.45) is 0. The second kappa shape index (κ2) is 11.9. The number of rotatable bonds is 4. The van der Waals surface area contributed by atoms with E-state index in [0.717, 1.165) is 5.69 Å². The van der Waals surface area contributed by atoms with Gasteiger partial charge in [-0.1, -0.05) is 149 Å². The van der Waals surface area contributed by atoms with Crippen LogP contribution in [0.2, 0.25) is 0 Å². The molecule has 0 atom stereocenters. The van der Waals surface area contributed by atoms with E-state index in [0.29, 0.717) is 0 Å². The standard InChI is InChI=1S/C54H42N2/c1-53(2)44-19-11-13-21-50(44)56-51-22-14-12-20-45(51)54(3,4)47-34-40(33-46(53)52(47)56)37-23-27-41(28-24-37)55-48-29-25-38(35-15-7-5-8-16-35)31-42(48)43-32-39(26-30-49(43)55)36-17-9-6-10-18-36/h5-34H,1-4H3. The predicted octanol–water partition coefficient (Wildman–Crippen LogP) is 14.5. The third-order valence-electron chi connectivity index (χ3n) is 12.8. The fourth-order valence-corrected chi connectivity index (χ4v) is 9.77. The monoisotopic (exact) mass is 718 g/mol. The fourth-order valence-electron chi connectivity index (χ4n) is 9.77. The zero-order chi connectivity index (χ0) is 37.8. The van der Waals surface area contributed by atoms with Crippen LogP contribution in [0.15, 0.2) is 182 Å². The Bertz CT molecular complexity index is 2820. The smallest absolute Gasteiger partial charge is 0.0544 e. The van der Waals surface area contributed by atoms with Crippen molar-refractivity contribution in [2.45, 2.75) is 38.5 Å². The number of benzene rings is 8. The molecule has 0 radical (unpaired) electrons. The van der Waals surface area contributed by atoms with Crippen LogP contribution in [-0.4, -0.2) is 4.57 Å². The third-order valence-corrected chi connectivity index (χ3v) is 12.8. The maximum atomic E-state index is 2.54. The molecule has 0 spiro atoms. The van der Waals surface area contributed by atoms with Crippen molar-refractivity contribution in [1.29, 1.82) is 0 Å². The van der Waals surface area contributed by atoms with Crippen molar-refractivity contribution in [2.24, 2.45) is 0 Å². The molecule has 8 aromatic carbocycles. The number of hydrogen-bond donors (Lipinski definition) is 0. The molecular weight excluding hydrogens is 677 g/mol. The van der Waals surface area contributed by atoms with E-state index in [-0.39, 0.29) is 10.8 Å². The lowest BCUT2D eigenvalue weighted by Crippen LogP contribution is -2.38. The summed E-state index contributed by atoms with van der Waals surface area (Å²) in [5.41, 5.74) is 20.0. The molecule has 0 aliphatic carbocycles. The zero-order valence-corrected chi connectivity index (χ0v) is 32.2. The molecular formula is C54H42N2. The lowest BCUT2D eigenvalue weighted by Gasteiger charge is -2.49. The molecule has 11 rings (SSSR count). The fraction of sp³-hybridized carbons (Fsp3) is 0.111. The Balaban J connectivity index is 1.08. The molecule has 0 saturated carbocycles. The average Bonchev–Trinajstić information content (AvgIpc) is 3.57. The number of para-hydroxylation sites is 2. The van der Waals surface area contributed by atoms with Crippen molar-refractivity contribution in [3.63, 3.8) is 0 Å². The zero-order valence-electron chi connectivity index (χ0n) is 32.2. The summed E-state index contributed by atoms with van der Waals surface area (Å²) in [6, 6.07) is 67.4. The van der Waals surface area contributed by atoms with Crippen molar-refractivity contribution >= 4 is 38.9 Å². The molecule has 9 aromatic rings. The first-order valence-electron chi connectivity index (χ1n) is 19.8. The van der Waals surface area contributed by atoms with Crippen LogP contribution >= 0.6 is 0 Å². The lowest BCUT2D eigenvalue weighted by atomic mass is 9.65. The summed E-state index contributed by atoms with van der Waals surface area (Å²) < 4.78 is 2.44. The van der Waals surface area contributed by atoms with E-state index in [1.54, 1.807) is 0 Å². The van der Waals surface area contributed by atoms with Crippen LogP contribution in [-0.2, 0) is 10.8 Å². The van der Waals surface area contributed by atoms with Gasteiger partial charge in [-0.25, -0.2) is 0 Å². The second-order valence-electron chi connectivity index (χ2n) is 16.6. The van der Waals surface area contributed by atoms with Crippen molar-refractivity contribution in [3.8, 4) is 39.1 Å². The van der Waals surface area contributed by atoms with Crippen LogP contribution in [0.4, 0.5) is 17.1 Å². The Morgan fingerprint density at radius 3 is 1.23 bits per heavy atom. The van der Waals surface area contributed by atoms with E-state index < -0.39 is 0 Å². The summed E-state index contributed by atoms with van der Waals surface area (Å²) in [6.45, 7) is 9.59. The molecule has 0 bridgehead atoms. The van der Waals surface area contributed by atoms with Crippen LogP contribution in [0.3, 0.4) is 0 Å². The van der Waals surface area contributed by atoms with E-state index >= 15 is 0 Å². The number of nitrogens with zero attached hydrogens (tertiary/aromatic N) is 2. The number of fused-ring (bicyclic) bond motifs is 7. The summed E-state index contributed by atoms with van der Waals surface area (Å²) in [5, 5.41) is 2.51. The van der Waals surface area contributed by atoms with E-state index in [9.17, 15) is 0 Å². The van der Waals surface area contributed by atoms with Gasteiger partial charge in [0.25, 0.3) is 0 Å². The second-order valence-corrected chi connectivity index (χ2v) is 16.6. The highest BCUT2D eigenvalue weighted by Gasteiger charge is 2.45. The molecule has 0 fully saturated rings. The minimum Gasteiger partial charge on any atom is -0.309 e. The Hall–Kier alpha value is -6.64. The van der Waals surface area contributed by atoms with E-state index in [1.165, 1.54) is 94.5 Å². The van der Waals surface area contributed by atoms with Gasteiger partial charge >= 0.3 is 0 Å².